The fourth-order valence-electron chi connectivity index (χ4n) is 4.97. The lowest BCUT2D eigenvalue weighted by atomic mass is 10.1. The van der Waals surface area contributed by atoms with Crippen molar-refractivity contribution in [3.63, 3.8) is 0 Å². The molecule has 244 valence electrons. The average molecular weight is 645 g/mol. The average Bonchev–Trinajstić information content (AvgIpc) is 3.11. The van der Waals surface area contributed by atoms with Crippen molar-refractivity contribution >= 4 is 45.9 Å². The molecule has 9 heteroatoms. The highest BCUT2D eigenvalue weighted by Crippen LogP contribution is 2.30. The third kappa shape index (κ3) is 9.29. The molecule has 0 aliphatic rings. The van der Waals surface area contributed by atoms with E-state index < -0.39 is 11.9 Å². The van der Waals surface area contributed by atoms with Gasteiger partial charge in [0, 0.05) is 6.08 Å². The zero-order valence-corrected chi connectivity index (χ0v) is 26.6. The summed E-state index contributed by atoms with van der Waals surface area (Å²) in [5.41, 5.74) is 2.11. The first kappa shape index (κ1) is 33.4. The van der Waals surface area contributed by atoms with Crippen molar-refractivity contribution in [1.82, 2.24) is 0 Å². The quantitative estimate of drug-likeness (QED) is 0.0306. The fraction of sp³-hybridized carbons (Fsp3) is 0.179. The van der Waals surface area contributed by atoms with Gasteiger partial charge >= 0.3 is 11.9 Å². The van der Waals surface area contributed by atoms with Crippen molar-refractivity contribution in [2.45, 2.75) is 25.7 Å². The molecule has 0 fully saturated rings. The van der Waals surface area contributed by atoms with Gasteiger partial charge in [0.1, 0.15) is 11.5 Å². The minimum absolute atomic E-state index is 0.235. The van der Waals surface area contributed by atoms with Crippen LogP contribution in [0.1, 0.15) is 47.2 Å². The number of ether oxygens (including phenoxy) is 4. The third-order valence-electron chi connectivity index (χ3n) is 7.48. The lowest BCUT2D eigenvalue weighted by molar-refractivity contribution is -0.137. The molecule has 1 N–H and O–H groups in total. The van der Waals surface area contributed by atoms with Gasteiger partial charge in [0.2, 0.25) is 0 Å². The molecule has 0 spiro atoms. The Hall–Kier alpha value is -5.96. The topological polar surface area (TPSA) is 116 Å². The van der Waals surface area contributed by atoms with E-state index in [0.29, 0.717) is 36.0 Å². The Morgan fingerprint density at radius 1 is 0.708 bits per heavy atom. The molecule has 0 bridgehead atoms. The molecule has 0 unspecified atom stereocenters. The van der Waals surface area contributed by atoms with Gasteiger partial charge in [0.05, 0.1) is 38.3 Å². The van der Waals surface area contributed by atoms with Crippen LogP contribution in [0.2, 0.25) is 0 Å². The number of unbranched alkanes of at least 4 members (excludes halogenated alkanes) is 3. The first-order valence-electron chi connectivity index (χ1n) is 15.6. The van der Waals surface area contributed by atoms with E-state index >= 15 is 0 Å². The minimum atomic E-state index is -0.512. The minimum Gasteiger partial charge on any atom is -0.508 e. The van der Waals surface area contributed by atoms with Gasteiger partial charge in [-0.25, -0.2) is 9.59 Å². The van der Waals surface area contributed by atoms with E-state index in [9.17, 15) is 14.7 Å². The van der Waals surface area contributed by atoms with Crippen molar-refractivity contribution in [2.75, 3.05) is 20.3 Å². The molecule has 0 radical (unpaired) electrons. The van der Waals surface area contributed by atoms with Crippen LogP contribution in [0, 0.1) is 0 Å². The standard InChI is InChI=1S/C39H36N2O7/c1-3-38(43)47-19-7-5-4-6-18-46-36-17-14-33(24-37(36)45-2)39(44)48-35-16-13-30-21-28(9-11-32(30)23-35)26-41-40-25-27-8-10-31-22-34(42)15-12-29(31)20-27/h3,8-17,20-26,42H,1,4-7,18-19H2,2H3/b40-25+,41-26+. The summed E-state index contributed by atoms with van der Waals surface area (Å²) in [5, 5.41) is 21.8. The first-order valence-corrected chi connectivity index (χ1v) is 15.6. The van der Waals surface area contributed by atoms with Crippen LogP contribution >= 0.6 is 0 Å². The number of carbonyl (C=O) groups excluding carboxylic acids is 2. The lowest BCUT2D eigenvalue weighted by Gasteiger charge is -2.12. The Kier molecular flexibility index (Phi) is 11.5. The number of nitrogens with zero attached hydrogens (tertiary/aromatic N) is 2. The predicted molar refractivity (Wildman–Crippen MR) is 188 cm³/mol. The van der Waals surface area contributed by atoms with E-state index in [4.69, 9.17) is 18.9 Å². The molecule has 5 aromatic carbocycles. The molecular formula is C39H36N2O7. The van der Waals surface area contributed by atoms with Crippen LogP contribution in [0.15, 0.2) is 114 Å². The van der Waals surface area contributed by atoms with Crippen LogP contribution in [0.4, 0.5) is 0 Å². The van der Waals surface area contributed by atoms with E-state index in [2.05, 4.69) is 16.8 Å². The zero-order valence-electron chi connectivity index (χ0n) is 26.6. The molecule has 5 rings (SSSR count). The van der Waals surface area contributed by atoms with Gasteiger partial charge in [0.25, 0.3) is 0 Å². The summed E-state index contributed by atoms with van der Waals surface area (Å²) in [5.74, 6) is 0.720. The Morgan fingerprint density at radius 2 is 1.33 bits per heavy atom. The van der Waals surface area contributed by atoms with Gasteiger partial charge in [-0.15, -0.1) is 0 Å². The molecule has 0 aliphatic carbocycles. The molecule has 0 aromatic heterocycles. The zero-order chi connectivity index (χ0) is 33.7. The predicted octanol–water partition coefficient (Wildman–Crippen LogP) is 8.05. The lowest BCUT2D eigenvalue weighted by Crippen LogP contribution is -2.09. The van der Waals surface area contributed by atoms with Crippen molar-refractivity contribution in [2.24, 2.45) is 10.2 Å². The molecule has 0 amide bonds. The maximum Gasteiger partial charge on any atom is 0.343 e. The Balaban J connectivity index is 1.12. The second-order valence-corrected chi connectivity index (χ2v) is 10.9. The van der Waals surface area contributed by atoms with Crippen LogP contribution in [0.3, 0.4) is 0 Å². The van der Waals surface area contributed by atoms with Crippen LogP contribution in [-0.4, -0.2) is 49.8 Å². The Bertz CT molecular complexity index is 1980. The second kappa shape index (κ2) is 16.6. The maximum absolute atomic E-state index is 13.0. The van der Waals surface area contributed by atoms with Gasteiger partial charge in [-0.05, 0) is 113 Å². The number of phenols is 1. The van der Waals surface area contributed by atoms with E-state index in [1.807, 2.05) is 54.6 Å². The number of fused-ring (bicyclic) bond motifs is 2. The third-order valence-corrected chi connectivity index (χ3v) is 7.48. The summed E-state index contributed by atoms with van der Waals surface area (Å²) < 4.78 is 22.0. The van der Waals surface area contributed by atoms with E-state index in [1.165, 1.54) is 7.11 Å². The van der Waals surface area contributed by atoms with Gasteiger partial charge in [-0.1, -0.05) is 43.0 Å². The highest BCUT2D eigenvalue weighted by atomic mass is 16.5. The second-order valence-electron chi connectivity index (χ2n) is 10.9. The monoisotopic (exact) mass is 644 g/mol. The molecular weight excluding hydrogens is 608 g/mol. The maximum atomic E-state index is 13.0. The summed E-state index contributed by atoms with van der Waals surface area (Å²) in [6.45, 7) is 4.24. The van der Waals surface area contributed by atoms with E-state index in [1.54, 1.807) is 48.8 Å². The summed E-state index contributed by atoms with van der Waals surface area (Å²) in [6, 6.07) is 27.3. The smallest absolute Gasteiger partial charge is 0.343 e. The van der Waals surface area contributed by atoms with Gasteiger partial charge < -0.3 is 24.1 Å². The fourth-order valence-corrected chi connectivity index (χ4v) is 4.97. The van der Waals surface area contributed by atoms with Crippen LogP contribution < -0.4 is 14.2 Å². The number of esters is 2. The number of phenolic OH excluding ortho intramolecular Hbond substituents is 1. The molecule has 5 aromatic rings. The summed E-state index contributed by atoms with van der Waals surface area (Å²) >= 11 is 0. The number of hydrogen-bond acceptors (Lipinski definition) is 9. The van der Waals surface area contributed by atoms with Crippen LogP contribution in [0.5, 0.6) is 23.0 Å². The van der Waals surface area contributed by atoms with E-state index in [0.717, 1.165) is 64.4 Å². The molecule has 0 aliphatic heterocycles. The number of hydrogen-bond donors (Lipinski definition) is 1. The number of rotatable bonds is 15. The van der Waals surface area contributed by atoms with Crippen LogP contribution in [-0.2, 0) is 9.53 Å². The summed E-state index contributed by atoms with van der Waals surface area (Å²) in [4.78, 5) is 24.0. The van der Waals surface area contributed by atoms with Gasteiger partial charge in [0.15, 0.2) is 11.5 Å². The normalized spacial score (nSPS) is 11.3. The van der Waals surface area contributed by atoms with Gasteiger partial charge in [-0.2, -0.15) is 10.2 Å². The Morgan fingerprint density at radius 3 is 2.02 bits per heavy atom. The van der Waals surface area contributed by atoms with Crippen molar-refractivity contribution < 1.29 is 33.6 Å². The largest absolute Gasteiger partial charge is 0.508 e. The SMILES string of the molecule is C=CC(=O)OCCCCCCOc1ccc(C(=O)Oc2ccc3cc(/C=N/N=C/c4ccc5cc(O)ccc5c4)ccc3c2)cc1OC. The molecule has 0 atom stereocenters. The molecule has 9 nitrogen and oxygen atoms in total. The Labute approximate surface area is 278 Å². The van der Waals surface area contributed by atoms with Crippen molar-refractivity contribution in [3.05, 3.63) is 120 Å². The number of carbonyl (C=O) groups is 2. The number of methoxy groups -OCH3 is 1. The molecule has 0 saturated heterocycles. The molecule has 0 heterocycles. The highest BCUT2D eigenvalue weighted by molar-refractivity contribution is 5.95. The van der Waals surface area contributed by atoms with Crippen molar-refractivity contribution in [1.29, 1.82) is 0 Å². The highest BCUT2D eigenvalue weighted by Gasteiger charge is 2.14. The van der Waals surface area contributed by atoms with Crippen LogP contribution in [0.25, 0.3) is 21.5 Å². The van der Waals surface area contributed by atoms with Gasteiger partial charge in [-0.3, -0.25) is 0 Å². The van der Waals surface area contributed by atoms with Crippen molar-refractivity contribution in [3.8, 4) is 23.0 Å². The summed E-state index contributed by atoms with van der Waals surface area (Å²) in [6.07, 6.45) is 7.96. The summed E-state index contributed by atoms with van der Waals surface area (Å²) in [7, 11) is 1.52. The number of benzene rings is 5. The molecule has 48 heavy (non-hydrogen) atoms. The van der Waals surface area contributed by atoms with E-state index in [-0.39, 0.29) is 5.75 Å². The molecule has 0 saturated carbocycles. The number of aromatic hydroxyl groups is 1. The first-order chi connectivity index (χ1) is 23.4.